The number of aryl methyl sites for hydroxylation is 1. The van der Waals surface area contributed by atoms with Crippen LogP contribution in [0.2, 0.25) is 5.02 Å². The second-order valence-corrected chi connectivity index (χ2v) is 5.53. The Kier molecular flexibility index (Phi) is 3.58. The van der Waals surface area contributed by atoms with Crippen LogP contribution in [0, 0.1) is 24.1 Å². The molecule has 2 aromatic rings. The van der Waals surface area contributed by atoms with Crippen molar-refractivity contribution >= 4 is 11.6 Å². The molecule has 5 nitrogen and oxygen atoms in total. The van der Waals surface area contributed by atoms with Crippen LogP contribution in [0.15, 0.2) is 40.5 Å². The minimum Gasteiger partial charge on any atom is -0.440 e. The maximum absolute atomic E-state index is 14.4. The van der Waals surface area contributed by atoms with E-state index < -0.39 is 17.3 Å². The first-order chi connectivity index (χ1) is 10.9. The second kappa shape index (κ2) is 5.45. The van der Waals surface area contributed by atoms with Gasteiger partial charge in [-0.3, -0.25) is 4.79 Å². The fourth-order valence-corrected chi connectivity index (χ4v) is 2.95. The standard InChI is InChI=1S/C16H11ClFN3O2/c1-7-5-11-14(16(22)21-7)12(8(6-19)15(20)23-11)13-9(17)3-2-4-10(13)18/h2-5,12H,20H2,1H3,(H,21,22). The van der Waals surface area contributed by atoms with Crippen molar-refractivity contribution in [3.8, 4) is 11.8 Å². The number of nitriles is 1. The first-order valence-electron chi connectivity index (χ1n) is 6.69. The normalized spacial score (nSPS) is 16.5. The van der Waals surface area contributed by atoms with Gasteiger partial charge in [0.2, 0.25) is 5.88 Å². The first kappa shape index (κ1) is 15.1. The number of hydrogen-bond acceptors (Lipinski definition) is 4. The molecule has 0 amide bonds. The summed E-state index contributed by atoms with van der Waals surface area (Å²) in [6.45, 7) is 1.68. The summed E-state index contributed by atoms with van der Waals surface area (Å²) < 4.78 is 19.7. The third-order valence-electron chi connectivity index (χ3n) is 3.64. The predicted molar refractivity (Wildman–Crippen MR) is 82.5 cm³/mol. The lowest BCUT2D eigenvalue weighted by molar-refractivity contribution is 0.390. The van der Waals surface area contributed by atoms with E-state index in [4.69, 9.17) is 22.1 Å². The Balaban J connectivity index is 2.40. The zero-order valence-corrected chi connectivity index (χ0v) is 12.7. The summed E-state index contributed by atoms with van der Waals surface area (Å²) in [7, 11) is 0. The third-order valence-corrected chi connectivity index (χ3v) is 3.97. The number of aromatic nitrogens is 1. The molecule has 1 aliphatic rings. The number of hydrogen-bond donors (Lipinski definition) is 2. The number of nitrogens with one attached hydrogen (secondary N) is 1. The van der Waals surface area contributed by atoms with E-state index in [0.717, 1.165) is 0 Å². The number of halogens is 2. The zero-order chi connectivity index (χ0) is 16.7. The van der Waals surface area contributed by atoms with Gasteiger partial charge in [0, 0.05) is 22.3 Å². The number of rotatable bonds is 1. The van der Waals surface area contributed by atoms with Crippen molar-refractivity contribution in [2.75, 3.05) is 0 Å². The maximum atomic E-state index is 14.4. The molecule has 0 bridgehead atoms. The lowest BCUT2D eigenvalue weighted by Crippen LogP contribution is -2.28. The largest absolute Gasteiger partial charge is 0.440 e. The molecule has 1 unspecified atom stereocenters. The Bertz CT molecular complexity index is 923. The van der Waals surface area contributed by atoms with Gasteiger partial charge in [0.25, 0.3) is 5.56 Å². The Labute approximate surface area is 135 Å². The maximum Gasteiger partial charge on any atom is 0.256 e. The molecule has 2 heterocycles. The Morgan fingerprint density at radius 1 is 1.43 bits per heavy atom. The van der Waals surface area contributed by atoms with Crippen LogP contribution in [0.1, 0.15) is 22.7 Å². The van der Waals surface area contributed by atoms with Crippen molar-refractivity contribution in [1.29, 1.82) is 5.26 Å². The molecule has 3 rings (SSSR count). The van der Waals surface area contributed by atoms with E-state index in [-0.39, 0.29) is 33.4 Å². The highest BCUT2D eigenvalue weighted by molar-refractivity contribution is 6.31. The van der Waals surface area contributed by atoms with Crippen LogP contribution >= 0.6 is 11.6 Å². The molecule has 0 aliphatic carbocycles. The smallest absolute Gasteiger partial charge is 0.256 e. The van der Waals surface area contributed by atoms with Gasteiger partial charge in [-0.25, -0.2) is 4.39 Å². The molecule has 1 aromatic carbocycles. The molecule has 0 fully saturated rings. The van der Waals surface area contributed by atoms with Crippen LogP contribution in [-0.2, 0) is 0 Å². The van der Waals surface area contributed by atoms with Crippen LogP contribution in [0.25, 0.3) is 0 Å². The molecule has 1 aliphatic heterocycles. The number of benzene rings is 1. The Morgan fingerprint density at radius 2 is 2.17 bits per heavy atom. The summed E-state index contributed by atoms with van der Waals surface area (Å²) in [5.41, 5.74) is 5.93. The van der Waals surface area contributed by atoms with E-state index >= 15 is 0 Å². The molecule has 0 radical (unpaired) electrons. The van der Waals surface area contributed by atoms with Crippen LogP contribution in [-0.4, -0.2) is 4.98 Å². The van der Waals surface area contributed by atoms with E-state index in [1.807, 2.05) is 6.07 Å². The van der Waals surface area contributed by atoms with Gasteiger partial charge in [0.15, 0.2) is 0 Å². The van der Waals surface area contributed by atoms with Crippen molar-refractivity contribution < 1.29 is 9.13 Å². The van der Waals surface area contributed by atoms with Gasteiger partial charge in [-0.1, -0.05) is 17.7 Å². The number of fused-ring (bicyclic) bond motifs is 1. The predicted octanol–water partition coefficient (Wildman–Crippen LogP) is 2.69. The first-order valence-corrected chi connectivity index (χ1v) is 7.07. The summed E-state index contributed by atoms with van der Waals surface area (Å²) in [6, 6.07) is 7.61. The van der Waals surface area contributed by atoms with E-state index in [1.54, 1.807) is 13.0 Å². The van der Waals surface area contributed by atoms with Crippen LogP contribution in [0.4, 0.5) is 4.39 Å². The molecule has 0 saturated carbocycles. The van der Waals surface area contributed by atoms with Gasteiger partial charge in [0.05, 0.1) is 11.5 Å². The molecule has 0 saturated heterocycles. The molecule has 116 valence electrons. The average molecular weight is 332 g/mol. The molecular weight excluding hydrogens is 321 g/mol. The highest BCUT2D eigenvalue weighted by Gasteiger charge is 2.36. The number of aromatic amines is 1. The fraction of sp³-hybridized carbons (Fsp3) is 0.125. The van der Waals surface area contributed by atoms with Gasteiger partial charge in [0.1, 0.15) is 23.2 Å². The summed E-state index contributed by atoms with van der Waals surface area (Å²) in [6.07, 6.45) is 0. The van der Waals surface area contributed by atoms with Gasteiger partial charge in [-0.2, -0.15) is 5.26 Å². The van der Waals surface area contributed by atoms with Crippen molar-refractivity contribution in [2.45, 2.75) is 12.8 Å². The van der Waals surface area contributed by atoms with Crippen LogP contribution in [0.5, 0.6) is 5.75 Å². The second-order valence-electron chi connectivity index (χ2n) is 5.12. The fourth-order valence-electron chi connectivity index (χ4n) is 2.68. The molecule has 23 heavy (non-hydrogen) atoms. The number of ether oxygens (including phenoxy) is 1. The van der Waals surface area contributed by atoms with Crippen molar-refractivity contribution in [1.82, 2.24) is 4.98 Å². The van der Waals surface area contributed by atoms with Gasteiger partial charge in [-0.05, 0) is 19.1 Å². The Morgan fingerprint density at radius 3 is 2.83 bits per heavy atom. The molecule has 1 atom stereocenters. The average Bonchev–Trinajstić information content (AvgIpc) is 2.46. The monoisotopic (exact) mass is 331 g/mol. The molecule has 1 aromatic heterocycles. The number of nitrogens with two attached hydrogens (primary N) is 1. The molecular formula is C16H11ClFN3O2. The zero-order valence-electron chi connectivity index (χ0n) is 12.0. The highest BCUT2D eigenvalue weighted by Crippen LogP contribution is 2.43. The summed E-state index contributed by atoms with van der Waals surface area (Å²) in [5, 5.41) is 9.50. The molecule has 3 N–H and O–H groups in total. The quantitative estimate of drug-likeness (QED) is 0.840. The van der Waals surface area contributed by atoms with Crippen molar-refractivity contribution in [3.63, 3.8) is 0 Å². The molecule has 0 spiro atoms. The lowest BCUT2D eigenvalue weighted by Gasteiger charge is -2.26. The van der Waals surface area contributed by atoms with Gasteiger partial charge >= 0.3 is 0 Å². The third kappa shape index (κ3) is 2.35. The van der Waals surface area contributed by atoms with E-state index in [2.05, 4.69) is 4.98 Å². The number of pyridine rings is 1. The van der Waals surface area contributed by atoms with Gasteiger partial charge < -0.3 is 15.5 Å². The van der Waals surface area contributed by atoms with Crippen molar-refractivity contribution in [3.05, 3.63) is 73.7 Å². The number of allylic oxidation sites excluding steroid dienone is 1. The number of H-pyrrole nitrogens is 1. The Hall–Kier alpha value is -2.78. The molecule has 7 heteroatoms. The topological polar surface area (TPSA) is 91.9 Å². The summed E-state index contributed by atoms with van der Waals surface area (Å²) in [4.78, 5) is 15.0. The van der Waals surface area contributed by atoms with Crippen molar-refractivity contribution in [2.24, 2.45) is 5.73 Å². The lowest BCUT2D eigenvalue weighted by atomic mass is 9.83. The van der Waals surface area contributed by atoms with Crippen LogP contribution < -0.4 is 16.0 Å². The summed E-state index contributed by atoms with van der Waals surface area (Å²) >= 11 is 6.12. The SMILES string of the molecule is Cc1cc2c(c(=O)[nH]1)C(c1c(F)cccc1Cl)C(C#N)=C(N)O2. The van der Waals surface area contributed by atoms with Crippen LogP contribution in [0.3, 0.4) is 0 Å². The van der Waals surface area contributed by atoms with Gasteiger partial charge in [-0.15, -0.1) is 0 Å². The van der Waals surface area contributed by atoms with E-state index in [0.29, 0.717) is 5.69 Å². The minimum atomic E-state index is -1.03. The number of nitrogens with zero attached hydrogens (tertiary/aromatic N) is 1. The van der Waals surface area contributed by atoms with E-state index in [1.165, 1.54) is 18.2 Å². The highest BCUT2D eigenvalue weighted by atomic mass is 35.5. The summed E-state index contributed by atoms with van der Waals surface area (Å²) in [5.74, 6) is -1.64. The van der Waals surface area contributed by atoms with E-state index in [9.17, 15) is 14.4 Å². The minimum absolute atomic E-state index is 0.0209.